The number of nitrogens with one attached hydrogen (secondary N) is 2. The molecule has 2 atom stereocenters. The highest BCUT2D eigenvalue weighted by molar-refractivity contribution is 6.31. The highest BCUT2D eigenvalue weighted by atomic mass is 35.5. The molecule has 1 heterocycles. The van der Waals surface area contributed by atoms with E-state index in [1.54, 1.807) is 7.11 Å². The van der Waals surface area contributed by atoms with E-state index in [9.17, 15) is 4.79 Å². The van der Waals surface area contributed by atoms with Gasteiger partial charge in [0.15, 0.2) is 0 Å². The smallest absolute Gasteiger partial charge is 0.220 e. The van der Waals surface area contributed by atoms with Gasteiger partial charge in [0.25, 0.3) is 0 Å². The first kappa shape index (κ1) is 18.7. The highest BCUT2D eigenvalue weighted by Gasteiger charge is 2.21. The molecule has 0 aliphatic carbocycles. The average molecular weight is 373 g/mol. The van der Waals surface area contributed by atoms with Crippen LogP contribution >= 0.6 is 11.6 Å². The quantitative estimate of drug-likeness (QED) is 0.773. The van der Waals surface area contributed by atoms with Crippen LogP contribution < -0.4 is 15.4 Å². The standard InChI is InChI=1S/C21H25ClN2O2/c1-26-17-6-4-5-16(13-17)21(18-7-2-3-8-19(18)22)24-20(25)10-9-15-11-12-23-14-15/h2-8,13,15,21,23H,9-12,14H2,1H3,(H,24,25). The lowest BCUT2D eigenvalue weighted by Gasteiger charge is -2.22. The van der Waals surface area contributed by atoms with E-state index < -0.39 is 0 Å². The van der Waals surface area contributed by atoms with Crippen LogP contribution in [-0.2, 0) is 4.79 Å². The van der Waals surface area contributed by atoms with Crippen LogP contribution in [0.5, 0.6) is 5.75 Å². The number of ether oxygens (including phenoxy) is 1. The molecule has 2 unspecified atom stereocenters. The van der Waals surface area contributed by atoms with Gasteiger partial charge < -0.3 is 15.4 Å². The third-order valence-corrected chi connectivity index (χ3v) is 5.23. The van der Waals surface area contributed by atoms with E-state index in [-0.39, 0.29) is 11.9 Å². The van der Waals surface area contributed by atoms with Crippen molar-refractivity contribution in [2.45, 2.75) is 25.3 Å². The van der Waals surface area contributed by atoms with Gasteiger partial charge in [-0.25, -0.2) is 0 Å². The Morgan fingerprint density at radius 3 is 2.88 bits per heavy atom. The lowest BCUT2D eigenvalue weighted by atomic mass is 9.97. The van der Waals surface area contributed by atoms with E-state index in [1.165, 1.54) is 0 Å². The largest absolute Gasteiger partial charge is 0.497 e. The summed E-state index contributed by atoms with van der Waals surface area (Å²) in [6.07, 6.45) is 2.58. The molecular formula is C21H25ClN2O2. The third-order valence-electron chi connectivity index (χ3n) is 4.89. The number of rotatable bonds is 7. The SMILES string of the molecule is COc1cccc(C(NC(=O)CCC2CCNC2)c2ccccc2Cl)c1. The first-order valence-corrected chi connectivity index (χ1v) is 9.43. The minimum Gasteiger partial charge on any atom is -0.497 e. The topological polar surface area (TPSA) is 50.4 Å². The van der Waals surface area contributed by atoms with E-state index >= 15 is 0 Å². The van der Waals surface area contributed by atoms with Gasteiger partial charge in [0.2, 0.25) is 5.91 Å². The fourth-order valence-corrected chi connectivity index (χ4v) is 3.64. The number of hydrogen-bond donors (Lipinski definition) is 2. The van der Waals surface area contributed by atoms with Crippen molar-refractivity contribution in [1.82, 2.24) is 10.6 Å². The number of amides is 1. The molecule has 2 N–H and O–H groups in total. The molecule has 2 aromatic carbocycles. The fourth-order valence-electron chi connectivity index (χ4n) is 3.40. The lowest BCUT2D eigenvalue weighted by molar-refractivity contribution is -0.121. The van der Waals surface area contributed by atoms with Crippen LogP contribution in [0, 0.1) is 5.92 Å². The molecule has 138 valence electrons. The van der Waals surface area contributed by atoms with Crippen LogP contribution in [0.2, 0.25) is 5.02 Å². The van der Waals surface area contributed by atoms with Crippen molar-refractivity contribution in [2.75, 3.05) is 20.2 Å². The van der Waals surface area contributed by atoms with Gasteiger partial charge in [0.05, 0.1) is 13.2 Å². The summed E-state index contributed by atoms with van der Waals surface area (Å²) >= 11 is 6.42. The van der Waals surface area contributed by atoms with Crippen LogP contribution in [0.4, 0.5) is 0 Å². The second-order valence-electron chi connectivity index (χ2n) is 6.70. The Morgan fingerprint density at radius 2 is 2.15 bits per heavy atom. The van der Waals surface area contributed by atoms with Crippen molar-refractivity contribution in [3.63, 3.8) is 0 Å². The highest BCUT2D eigenvalue weighted by Crippen LogP contribution is 2.30. The van der Waals surface area contributed by atoms with Crippen LogP contribution in [0.25, 0.3) is 0 Å². The Labute approximate surface area is 159 Å². The van der Waals surface area contributed by atoms with Crippen LogP contribution in [0.1, 0.15) is 36.4 Å². The van der Waals surface area contributed by atoms with Crippen molar-refractivity contribution >= 4 is 17.5 Å². The minimum absolute atomic E-state index is 0.0460. The Kier molecular flexibility index (Phi) is 6.53. The molecule has 1 saturated heterocycles. The number of benzene rings is 2. The molecule has 1 fully saturated rings. The summed E-state index contributed by atoms with van der Waals surface area (Å²) in [5.41, 5.74) is 1.84. The monoisotopic (exact) mass is 372 g/mol. The summed E-state index contributed by atoms with van der Waals surface area (Å²) in [6.45, 7) is 2.06. The van der Waals surface area contributed by atoms with Gasteiger partial charge in [-0.1, -0.05) is 41.9 Å². The number of methoxy groups -OCH3 is 1. The van der Waals surface area contributed by atoms with Gasteiger partial charge in [-0.3, -0.25) is 4.79 Å². The van der Waals surface area contributed by atoms with Crippen molar-refractivity contribution in [2.24, 2.45) is 5.92 Å². The maximum absolute atomic E-state index is 12.6. The van der Waals surface area contributed by atoms with E-state index in [0.717, 1.165) is 42.8 Å². The molecule has 26 heavy (non-hydrogen) atoms. The summed E-state index contributed by atoms with van der Waals surface area (Å²) in [5.74, 6) is 1.40. The summed E-state index contributed by atoms with van der Waals surface area (Å²) in [6, 6.07) is 15.1. The van der Waals surface area contributed by atoms with Gasteiger partial charge in [0.1, 0.15) is 5.75 Å². The van der Waals surface area contributed by atoms with Gasteiger partial charge in [0, 0.05) is 11.4 Å². The number of hydrogen-bond acceptors (Lipinski definition) is 3. The fraction of sp³-hybridized carbons (Fsp3) is 0.381. The molecule has 0 spiro atoms. The number of halogens is 1. The average Bonchev–Trinajstić information content (AvgIpc) is 3.19. The molecule has 3 rings (SSSR count). The molecule has 0 saturated carbocycles. The molecule has 1 amide bonds. The van der Waals surface area contributed by atoms with Crippen molar-refractivity contribution < 1.29 is 9.53 Å². The van der Waals surface area contributed by atoms with E-state index in [0.29, 0.717) is 17.4 Å². The van der Waals surface area contributed by atoms with Crippen molar-refractivity contribution in [3.05, 3.63) is 64.7 Å². The normalized spacial score (nSPS) is 17.7. The lowest BCUT2D eigenvalue weighted by Crippen LogP contribution is -2.30. The van der Waals surface area contributed by atoms with Crippen molar-refractivity contribution in [1.29, 1.82) is 0 Å². The van der Waals surface area contributed by atoms with Crippen LogP contribution in [0.15, 0.2) is 48.5 Å². The first-order chi connectivity index (χ1) is 12.7. The Bertz CT molecular complexity index is 744. The molecule has 5 heteroatoms. The molecular weight excluding hydrogens is 348 g/mol. The molecule has 1 aliphatic heterocycles. The van der Waals surface area contributed by atoms with Crippen LogP contribution in [0.3, 0.4) is 0 Å². The van der Waals surface area contributed by atoms with Gasteiger partial charge in [-0.15, -0.1) is 0 Å². The third kappa shape index (κ3) is 4.77. The molecule has 0 bridgehead atoms. The molecule has 0 aromatic heterocycles. The molecule has 2 aromatic rings. The van der Waals surface area contributed by atoms with Crippen LogP contribution in [-0.4, -0.2) is 26.1 Å². The Balaban J connectivity index is 1.78. The van der Waals surface area contributed by atoms with E-state index in [2.05, 4.69) is 10.6 Å². The van der Waals surface area contributed by atoms with E-state index in [4.69, 9.17) is 16.3 Å². The Morgan fingerprint density at radius 1 is 1.31 bits per heavy atom. The zero-order chi connectivity index (χ0) is 18.4. The second-order valence-corrected chi connectivity index (χ2v) is 7.10. The number of carbonyl (C=O) groups excluding carboxylic acids is 1. The summed E-state index contributed by atoms with van der Waals surface area (Å²) in [7, 11) is 1.64. The zero-order valence-corrected chi connectivity index (χ0v) is 15.8. The van der Waals surface area contributed by atoms with Gasteiger partial charge in [-0.05, 0) is 61.2 Å². The van der Waals surface area contributed by atoms with Crippen molar-refractivity contribution in [3.8, 4) is 5.75 Å². The summed E-state index contributed by atoms with van der Waals surface area (Å²) in [5, 5.41) is 7.15. The maximum atomic E-state index is 12.6. The second kappa shape index (κ2) is 9.06. The zero-order valence-electron chi connectivity index (χ0n) is 15.0. The molecule has 0 radical (unpaired) electrons. The summed E-state index contributed by atoms with van der Waals surface area (Å²) in [4.78, 5) is 12.6. The number of carbonyl (C=O) groups is 1. The maximum Gasteiger partial charge on any atom is 0.220 e. The predicted molar refractivity (Wildman–Crippen MR) is 105 cm³/mol. The predicted octanol–water partition coefficient (Wildman–Crippen LogP) is 3.94. The molecule has 4 nitrogen and oxygen atoms in total. The summed E-state index contributed by atoms with van der Waals surface area (Å²) < 4.78 is 5.34. The Hall–Kier alpha value is -2.04. The minimum atomic E-state index is -0.298. The molecule has 1 aliphatic rings. The van der Waals surface area contributed by atoms with E-state index in [1.807, 2.05) is 48.5 Å². The van der Waals surface area contributed by atoms with Gasteiger partial charge >= 0.3 is 0 Å². The van der Waals surface area contributed by atoms with Gasteiger partial charge in [-0.2, -0.15) is 0 Å². The first-order valence-electron chi connectivity index (χ1n) is 9.06.